The second-order valence-corrected chi connectivity index (χ2v) is 9.15. The highest BCUT2D eigenvalue weighted by molar-refractivity contribution is 6.02. The van der Waals surface area contributed by atoms with Crippen molar-refractivity contribution in [3.05, 3.63) is 47.8 Å². The maximum atomic E-state index is 13.4. The number of likely N-dealkylation sites (N-methyl/N-ethyl adjacent to an activating group) is 1. The van der Waals surface area contributed by atoms with Crippen molar-refractivity contribution in [2.24, 2.45) is 12.1 Å². The van der Waals surface area contributed by atoms with Gasteiger partial charge in [-0.3, -0.25) is 4.79 Å². The summed E-state index contributed by atoms with van der Waals surface area (Å²) in [4.78, 5) is 27.3. The van der Waals surface area contributed by atoms with E-state index in [0.29, 0.717) is 17.9 Å². The minimum absolute atomic E-state index is 0.116. The fourth-order valence-electron chi connectivity index (χ4n) is 3.76. The van der Waals surface area contributed by atoms with E-state index in [0.717, 1.165) is 17.0 Å². The van der Waals surface area contributed by atoms with Crippen LogP contribution in [-0.2, 0) is 11.8 Å². The molecule has 9 nitrogen and oxygen atoms in total. The summed E-state index contributed by atoms with van der Waals surface area (Å²) in [6.45, 7) is 5.56. The van der Waals surface area contributed by atoms with E-state index >= 15 is 0 Å². The number of aryl methyl sites for hydroxylation is 1. The molecule has 3 amide bonds. The molecule has 0 saturated heterocycles. The largest absolute Gasteiger partial charge is 0.497 e. The first kappa shape index (κ1) is 24.2. The number of hydrogen-bond donors (Lipinski definition) is 1. The highest BCUT2D eigenvalue weighted by atomic mass is 16.5. The number of aromatic nitrogens is 1. The number of hydrazone groups is 1. The molecule has 1 aromatic heterocycles. The van der Waals surface area contributed by atoms with Gasteiger partial charge in [-0.15, -0.1) is 0 Å². The van der Waals surface area contributed by atoms with Crippen molar-refractivity contribution in [2.75, 3.05) is 27.8 Å². The zero-order chi connectivity index (χ0) is 24.3. The number of methoxy groups -OCH3 is 2. The highest BCUT2D eigenvalue weighted by Gasteiger charge is 2.36. The Kier molecular flexibility index (Phi) is 7.00. The Balaban J connectivity index is 1.94. The lowest BCUT2D eigenvalue weighted by Gasteiger charge is -2.28. The Bertz CT molecular complexity index is 1050. The van der Waals surface area contributed by atoms with Crippen LogP contribution in [0.25, 0.3) is 0 Å². The molecule has 0 bridgehead atoms. The summed E-state index contributed by atoms with van der Waals surface area (Å²) in [6, 6.07) is 8.68. The highest BCUT2D eigenvalue weighted by Crippen LogP contribution is 2.39. The first-order valence-corrected chi connectivity index (χ1v) is 10.8. The van der Waals surface area contributed by atoms with E-state index in [1.165, 1.54) is 9.91 Å². The average molecular weight is 456 g/mol. The van der Waals surface area contributed by atoms with Crippen LogP contribution in [0.3, 0.4) is 0 Å². The predicted octanol–water partition coefficient (Wildman–Crippen LogP) is 3.16. The summed E-state index contributed by atoms with van der Waals surface area (Å²) in [7, 11) is 6.72. The second kappa shape index (κ2) is 9.56. The molecule has 3 rings (SSSR count). The van der Waals surface area contributed by atoms with Crippen LogP contribution in [0.2, 0.25) is 0 Å². The number of urea groups is 1. The number of nitrogens with zero attached hydrogens (tertiary/aromatic N) is 4. The number of benzene rings is 1. The van der Waals surface area contributed by atoms with E-state index in [1.807, 2.05) is 68.9 Å². The van der Waals surface area contributed by atoms with E-state index in [1.54, 1.807) is 21.3 Å². The van der Waals surface area contributed by atoms with Crippen molar-refractivity contribution >= 4 is 17.6 Å². The molecule has 1 aromatic carbocycles. The first-order chi connectivity index (χ1) is 15.5. The average Bonchev–Trinajstić information content (AvgIpc) is 3.38. The van der Waals surface area contributed by atoms with Crippen LogP contribution in [0.5, 0.6) is 11.5 Å². The molecular formula is C24H33N5O4. The predicted molar refractivity (Wildman–Crippen MR) is 127 cm³/mol. The van der Waals surface area contributed by atoms with E-state index in [9.17, 15) is 9.59 Å². The third-order valence-electron chi connectivity index (χ3n) is 5.40. The van der Waals surface area contributed by atoms with E-state index < -0.39 is 11.6 Å². The van der Waals surface area contributed by atoms with E-state index in [2.05, 4.69) is 5.32 Å². The van der Waals surface area contributed by atoms with Gasteiger partial charge in [0.2, 0.25) is 0 Å². The van der Waals surface area contributed by atoms with Crippen molar-refractivity contribution < 1.29 is 19.1 Å². The summed E-state index contributed by atoms with van der Waals surface area (Å²) < 4.78 is 13.0. The maximum absolute atomic E-state index is 13.4. The van der Waals surface area contributed by atoms with Crippen LogP contribution < -0.4 is 14.8 Å². The summed E-state index contributed by atoms with van der Waals surface area (Å²) in [5.74, 6) is 1.01. The molecule has 2 heterocycles. The third-order valence-corrected chi connectivity index (χ3v) is 5.40. The van der Waals surface area contributed by atoms with E-state index in [4.69, 9.17) is 14.6 Å². The van der Waals surface area contributed by atoms with Crippen LogP contribution in [0.4, 0.5) is 4.79 Å². The zero-order valence-electron chi connectivity index (χ0n) is 20.4. The van der Waals surface area contributed by atoms with Crippen molar-refractivity contribution in [1.29, 1.82) is 0 Å². The summed E-state index contributed by atoms with van der Waals surface area (Å²) in [5.41, 5.74) is 2.10. The smallest absolute Gasteiger partial charge is 0.318 e. The number of carbonyl (C=O) groups excluding carboxylic acids is 2. The fourth-order valence-corrected chi connectivity index (χ4v) is 3.76. The Morgan fingerprint density at radius 2 is 1.94 bits per heavy atom. The molecule has 1 N–H and O–H groups in total. The Hall–Kier alpha value is -3.49. The number of rotatable bonds is 6. The van der Waals surface area contributed by atoms with Gasteiger partial charge in [0.25, 0.3) is 5.91 Å². The van der Waals surface area contributed by atoms with Gasteiger partial charge in [0, 0.05) is 37.8 Å². The maximum Gasteiger partial charge on any atom is 0.318 e. The third kappa shape index (κ3) is 5.47. The minimum Gasteiger partial charge on any atom is -0.497 e. The molecule has 0 fully saturated rings. The van der Waals surface area contributed by atoms with Crippen LogP contribution in [-0.4, -0.2) is 65.5 Å². The van der Waals surface area contributed by atoms with Crippen molar-refractivity contribution in [1.82, 2.24) is 19.8 Å². The van der Waals surface area contributed by atoms with Gasteiger partial charge < -0.3 is 24.3 Å². The Morgan fingerprint density at radius 3 is 2.52 bits per heavy atom. The lowest BCUT2D eigenvalue weighted by molar-refractivity contribution is -0.133. The SMILES string of the molecule is COc1ccc(OC)c([C@H]2CC(c3cccn3C)=NN2C(=O)CN(C)C(=O)NC(C)(C)C)c1. The normalized spacial score (nSPS) is 15.8. The second-order valence-electron chi connectivity index (χ2n) is 9.15. The van der Waals surface area contributed by atoms with Crippen LogP contribution in [0.1, 0.15) is 44.5 Å². The number of carbonyl (C=O) groups is 2. The lowest BCUT2D eigenvalue weighted by atomic mass is 9.99. The summed E-state index contributed by atoms with van der Waals surface area (Å²) in [5, 5.41) is 9.02. The monoisotopic (exact) mass is 455 g/mol. The summed E-state index contributed by atoms with van der Waals surface area (Å²) >= 11 is 0. The molecule has 0 radical (unpaired) electrons. The first-order valence-electron chi connectivity index (χ1n) is 10.8. The lowest BCUT2D eigenvalue weighted by Crippen LogP contribution is -2.49. The Morgan fingerprint density at radius 1 is 1.21 bits per heavy atom. The number of amides is 3. The van der Waals surface area contributed by atoms with Crippen LogP contribution >= 0.6 is 0 Å². The molecular weight excluding hydrogens is 422 g/mol. The number of ether oxygens (including phenoxy) is 2. The van der Waals surface area contributed by atoms with Gasteiger partial charge in [-0.2, -0.15) is 5.10 Å². The van der Waals surface area contributed by atoms with Crippen LogP contribution in [0, 0.1) is 0 Å². The Labute approximate surface area is 194 Å². The van der Waals surface area contributed by atoms with Gasteiger partial charge in [0.15, 0.2) is 0 Å². The van der Waals surface area contributed by atoms with Crippen molar-refractivity contribution in [3.8, 4) is 11.5 Å². The summed E-state index contributed by atoms with van der Waals surface area (Å²) in [6.07, 6.45) is 2.44. The zero-order valence-corrected chi connectivity index (χ0v) is 20.4. The topological polar surface area (TPSA) is 88.4 Å². The van der Waals surface area contributed by atoms with Crippen LogP contribution in [0.15, 0.2) is 41.6 Å². The van der Waals surface area contributed by atoms with Gasteiger partial charge in [-0.1, -0.05) is 0 Å². The quantitative estimate of drug-likeness (QED) is 0.725. The molecule has 0 unspecified atom stereocenters. The van der Waals surface area contributed by atoms with Crippen molar-refractivity contribution in [3.63, 3.8) is 0 Å². The van der Waals surface area contributed by atoms with Crippen molar-refractivity contribution in [2.45, 2.75) is 38.8 Å². The molecule has 9 heteroatoms. The molecule has 0 aliphatic carbocycles. The molecule has 0 spiro atoms. The van der Waals surface area contributed by atoms with Gasteiger partial charge in [0.05, 0.1) is 31.7 Å². The number of nitrogens with one attached hydrogen (secondary N) is 1. The standard InChI is InChI=1S/C24H33N5O4/c1-24(2,3)25-23(31)28(5)15-22(30)29-20(14-18(26-29)19-9-8-12-27(19)4)17-13-16(32-6)10-11-21(17)33-7/h8-13,20H,14-15H2,1-7H3,(H,25,31)/t20-/m1/s1. The molecule has 1 atom stereocenters. The van der Waals surface area contributed by atoms with Gasteiger partial charge in [-0.25, -0.2) is 9.80 Å². The minimum atomic E-state index is -0.406. The molecule has 178 valence electrons. The molecule has 2 aromatic rings. The van der Waals surface area contributed by atoms with E-state index in [-0.39, 0.29) is 18.5 Å². The fraction of sp³-hybridized carbons (Fsp3) is 0.458. The molecule has 0 saturated carbocycles. The molecule has 1 aliphatic heterocycles. The molecule has 33 heavy (non-hydrogen) atoms. The number of hydrogen-bond acceptors (Lipinski definition) is 5. The van der Waals surface area contributed by atoms with Gasteiger partial charge in [-0.05, 0) is 51.1 Å². The van der Waals surface area contributed by atoms with Gasteiger partial charge >= 0.3 is 6.03 Å². The molecule has 1 aliphatic rings. The van der Waals surface area contributed by atoms with Gasteiger partial charge in [0.1, 0.15) is 18.0 Å².